The molecule has 1 aliphatic heterocycles. The highest BCUT2D eigenvalue weighted by molar-refractivity contribution is 9.10. The van der Waals surface area contributed by atoms with Crippen LogP contribution in [0.4, 0.5) is 11.4 Å². The number of nitrogens with zero attached hydrogens (tertiary/aromatic N) is 3. The first-order valence-corrected chi connectivity index (χ1v) is 17.0. The molecule has 2 bridgehead atoms. The van der Waals surface area contributed by atoms with E-state index in [1.807, 2.05) is 0 Å². The summed E-state index contributed by atoms with van der Waals surface area (Å²) in [6.45, 7) is 2.70. The van der Waals surface area contributed by atoms with E-state index in [1.165, 1.54) is 23.1 Å². The second-order valence-electron chi connectivity index (χ2n) is 13.2. The maximum absolute atomic E-state index is 13.6. The van der Waals surface area contributed by atoms with E-state index >= 15 is 0 Å². The quantitative estimate of drug-likeness (QED) is 0.0476. The van der Waals surface area contributed by atoms with Crippen molar-refractivity contribution in [1.29, 1.82) is 0 Å². The molecule has 3 fully saturated rings. The number of benzene rings is 3. The van der Waals surface area contributed by atoms with Gasteiger partial charge in [-0.3, -0.25) is 29.4 Å². The molecule has 5 aliphatic rings. The molecule has 246 valence electrons. The van der Waals surface area contributed by atoms with E-state index in [9.17, 15) is 29.3 Å². The Hall–Kier alpha value is -4.74. The Kier molecular flexibility index (Phi) is 7.35. The lowest BCUT2D eigenvalue weighted by Gasteiger charge is -2.37. The van der Waals surface area contributed by atoms with Gasteiger partial charge in [-0.25, -0.2) is 9.78 Å². The lowest BCUT2D eigenvalue weighted by Crippen LogP contribution is -2.40. The molecule has 2 heterocycles. The fraction of sp³-hybridized carbons (Fsp3) is 0.270. The molecule has 9 rings (SSSR count). The third-order valence-corrected chi connectivity index (χ3v) is 11.9. The predicted octanol–water partition coefficient (Wildman–Crippen LogP) is 7.44. The average Bonchev–Trinajstić information content (AvgIpc) is 3.88. The van der Waals surface area contributed by atoms with E-state index in [1.54, 1.807) is 50.2 Å². The summed E-state index contributed by atoms with van der Waals surface area (Å²) in [5.74, 6) is -1.03. The number of ketones is 1. The standard InChI is InChI=1S/C37H27BrClN3O7/c1-16-3-4-19(11-29(16)42(47)48)30(43)15-49-37(46)26-14-28(40-34-17(2)33(39)27(38)13-25(26)34)18-5-7-20(8-6-18)41-35(44)31-21-9-10-22(24-12-23(21)24)32(31)36(41)45/h3-11,13-14,21-24,31-32H,12,15H2,1-2H3. The Bertz CT molecular complexity index is 2180. The van der Waals surface area contributed by atoms with Crippen LogP contribution in [-0.2, 0) is 14.3 Å². The number of carbonyl (C=O) groups is 4. The molecule has 0 N–H and O–H groups in total. The Morgan fingerprint density at radius 2 is 1.65 bits per heavy atom. The van der Waals surface area contributed by atoms with Crippen LogP contribution in [0.3, 0.4) is 0 Å². The summed E-state index contributed by atoms with van der Waals surface area (Å²) < 4.78 is 5.99. The summed E-state index contributed by atoms with van der Waals surface area (Å²) in [4.78, 5) is 70.7. The van der Waals surface area contributed by atoms with Crippen LogP contribution in [0.2, 0.25) is 5.02 Å². The number of nitro benzene ring substituents is 1. The number of esters is 1. The molecular weight excluding hydrogens is 714 g/mol. The zero-order valence-electron chi connectivity index (χ0n) is 26.2. The van der Waals surface area contributed by atoms with Crippen LogP contribution in [0.5, 0.6) is 0 Å². The molecule has 49 heavy (non-hydrogen) atoms. The molecule has 12 heteroatoms. The minimum absolute atomic E-state index is 0.0470. The predicted molar refractivity (Wildman–Crippen MR) is 184 cm³/mol. The molecule has 4 aliphatic carbocycles. The van der Waals surface area contributed by atoms with E-state index in [0.717, 1.165) is 6.42 Å². The highest BCUT2D eigenvalue weighted by atomic mass is 79.9. The van der Waals surface area contributed by atoms with Crippen molar-refractivity contribution in [2.75, 3.05) is 11.5 Å². The summed E-state index contributed by atoms with van der Waals surface area (Å²) in [7, 11) is 0. The van der Waals surface area contributed by atoms with Crippen LogP contribution in [0, 0.1) is 59.5 Å². The Balaban J connectivity index is 1.09. The van der Waals surface area contributed by atoms with E-state index in [-0.39, 0.29) is 52.3 Å². The lowest BCUT2D eigenvalue weighted by molar-refractivity contribution is -0.385. The number of amides is 2. The molecule has 6 unspecified atom stereocenters. The van der Waals surface area contributed by atoms with E-state index in [2.05, 4.69) is 28.1 Å². The topological polar surface area (TPSA) is 137 Å². The van der Waals surface area contributed by atoms with Gasteiger partial charge in [-0.15, -0.1) is 0 Å². The number of hydrogen-bond acceptors (Lipinski definition) is 8. The monoisotopic (exact) mass is 739 g/mol. The van der Waals surface area contributed by atoms with Crippen LogP contribution in [0.1, 0.15) is 38.3 Å². The Morgan fingerprint density at radius 3 is 2.29 bits per heavy atom. The number of Topliss-reactive ketones (excluding diaryl/α,β-unsaturated/α-hetero) is 1. The molecule has 0 radical (unpaired) electrons. The maximum atomic E-state index is 13.6. The number of allylic oxidation sites excluding steroid dienone is 2. The number of nitro groups is 1. The SMILES string of the molecule is Cc1ccc(C(=O)COC(=O)c2cc(-c3ccc(N4C(=O)C5C6C=CC(C7CC67)C5C4=O)cc3)nc3c(C)c(Cl)c(Br)cc23)cc1[N+](=O)[O-]. The first-order chi connectivity index (χ1) is 23.4. The second kappa shape index (κ2) is 11.4. The highest BCUT2D eigenvalue weighted by Crippen LogP contribution is 2.65. The molecule has 0 spiro atoms. The molecular formula is C37H27BrClN3O7. The third kappa shape index (κ3) is 4.93. The van der Waals surface area contributed by atoms with Crippen molar-refractivity contribution < 1.29 is 28.8 Å². The number of anilines is 1. The van der Waals surface area contributed by atoms with E-state index in [4.69, 9.17) is 21.3 Å². The van der Waals surface area contributed by atoms with Gasteiger partial charge < -0.3 is 4.74 Å². The molecule has 6 atom stereocenters. The van der Waals surface area contributed by atoms with Gasteiger partial charge in [0.1, 0.15) is 0 Å². The number of aryl methyl sites for hydroxylation is 2. The number of halogens is 2. The van der Waals surface area contributed by atoms with Crippen molar-refractivity contribution in [3.8, 4) is 11.3 Å². The van der Waals surface area contributed by atoms with Crippen LogP contribution < -0.4 is 4.90 Å². The lowest BCUT2D eigenvalue weighted by atomic mass is 9.63. The van der Waals surface area contributed by atoms with Crippen molar-refractivity contribution in [2.24, 2.45) is 35.5 Å². The number of carbonyl (C=O) groups excluding carboxylic acids is 4. The van der Waals surface area contributed by atoms with Gasteiger partial charge in [-0.05, 0) is 89.7 Å². The van der Waals surface area contributed by atoms with Gasteiger partial charge >= 0.3 is 5.97 Å². The van der Waals surface area contributed by atoms with E-state index < -0.39 is 23.3 Å². The van der Waals surface area contributed by atoms with Crippen LogP contribution >= 0.6 is 27.5 Å². The molecule has 3 aromatic carbocycles. The van der Waals surface area contributed by atoms with Crippen LogP contribution in [-0.4, -0.2) is 40.1 Å². The normalized spacial score (nSPS) is 24.6. The number of aromatic nitrogens is 1. The Morgan fingerprint density at radius 1 is 1.00 bits per heavy atom. The molecule has 2 amide bonds. The number of pyridine rings is 1. The van der Waals surface area contributed by atoms with Gasteiger partial charge in [0.2, 0.25) is 17.6 Å². The summed E-state index contributed by atoms with van der Waals surface area (Å²) in [5, 5.41) is 12.2. The zero-order valence-corrected chi connectivity index (χ0v) is 28.5. The molecule has 2 saturated carbocycles. The second-order valence-corrected chi connectivity index (χ2v) is 14.5. The van der Waals surface area contributed by atoms with Crippen molar-refractivity contribution in [3.05, 3.63) is 109 Å². The minimum Gasteiger partial charge on any atom is -0.454 e. The summed E-state index contributed by atoms with van der Waals surface area (Å²) in [5.41, 5.74) is 2.93. The van der Waals surface area contributed by atoms with Gasteiger partial charge in [0.15, 0.2) is 6.61 Å². The van der Waals surface area contributed by atoms with Gasteiger partial charge in [0, 0.05) is 32.6 Å². The average molecular weight is 741 g/mol. The summed E-state index contributed by atoms with van der Waals surface area (Å²) in [6, 6.07) is 14.2. The molecule has 4 aromatic rings. The van der Waals surface area contributed by atoms with E-state index in [0.29, 0.717) is 60.3 Å². The van der Waals surface area contributed by atoms with Gasteiger partial charge in [-0.2, -0.15) is 0 Å². The molecule has 1 aromatic heterocycles. The van der Waals surface area contributed by atoms with Crippen molar-refractivity contribution in [1.82, 2.24) is 4.98 Å². The van der Waals surface area contributed by atoms with Gasteiger partial charge in [0.05, 0.1) is 44.2 Å². The number of fused-ring (bicyclic) bond motifs is 1. The fourth-order valence-electron chi connectivity index (χ4n) is 8.04. The first kappa shape index (κ1) is 31.5. The van der Waals surface area contributed by atoms with Crippen LogP contribution in [0.25, 0.3) is 22.2 Å². The number of hydrogen-bond donors (Lipinski definition) is 0. The van der Waals surface area contributed by atoms with Crippen LogP contribution in [0.15, 0.2) is 71.2 Å². The number of rotatable bonds is 7. The van der Waals surface area contributed by atoms with Crippen molar-refractivity contribution in [3.63, 3.8) is 0 Å². The Labute approximate surface area is 293 Å². The van der Waals surface area contributed by atoms with Gasteiger partial charge in [-0.1, -0.05) is 48.0 Å². The maximum Gasteiger partial charge on any atom is 0.339 e. The summed E-state index contributed by atoms with van der Waals surface area (Å²) >= 11 is 9.98. The van der Waals surface area contributed by atoms with Crippen molar-refractivity contribution in [2.45, 2.75) is 20.3 Å². The summed E-state index contributed by atoms with van der Waals surface area (Å²) in [6.07, 6.45) is 5.38. The minimum atomic E-state index is -0.800. The largest absolute Gasteiger partial charge is 0.454 e. The highest BCUT2D eigenvalue weighted by Gasteiger charge is 2.67. The van der Waals surface area contributed by atoms with Crippen molar-refractivity contribution >= 4 is 73.4 Å². The first-order valence-electron chi connectivity index (χ1n) is 15.9. The molecule has 10 nitrogen and oxygen atoms in total. The smallest absolute Gasteiger partial charge is 0.339 e. The third-order valence-electron chi connectivity index (χ3n) is 10.6. The van der Waals surface area contributed by atoms with Gasteiger partial charge in [0.25, 0.3) is 5.69 Å². The zero-order chi connectivity index (χ0) is 34.5. The number of ether oxygens (including phenoxy) is 1. The fourth-order valence-corrected chi connectivity index (χ4v) is 8.71. The molecule has 1 saturated heterocycles. The number of imide groups is 1.